The first kappa shape index (κ1) is 73.3. The highest BCUT2D eigenvalue weighted by Crippen LogP contribution is 2.15. The fourth-order valence-electron chi connectivity index (χ4n) is 8.34. The lowest BCUT2D eigenvalue weighted by atomic mass is 10.0. The Labute approximate surface area is 480 Å². The molecule has 6 nitrogen and oxygen atoms in total. The van der Waals surface area contributed by atoms with Crippen LogP contribution in [-0.4, -0.2) is 37.2 Å². The molecular weight excluding hydrogens is 961 g/mol. The van der Waals surface area contributed by atoms with Crippen LogP contribution in [0.4, 0.5) is 0 Å². The van der Waals surface area contributed by atoms with Crippen molar-refractivity contribution in [2.24, 2.45) is 0 Å². The molecule has 1 unspecified atom stereocenters. The Morgan fingerprint density at radius 1 is 0.269 bits per heavy atom. The minimum atomic E-state index is -0.812. The van der Waals surface area contributed by atoms with Crippen molar-refractivity contribution in [3.05, 3.63) is 146 Å². The zero-order valence-electron chi connectivity index (χ0n) is 50.4. The normalized spacial score (nSPS) is 13.1. The van der Waals surface area contributed by atoms with Gasteiger partial charge in [0.1, 0.15) is 13.2 Å². The molecule has 440 valence electrons. The molecule has 0 fully saturated rings. The third-order valence-corrected chi connectivity index (χ3v) is 13.1. The number of hydrogen-bond acceptors (Lipinski definition) is 6. The molecule has 1 atom stereocenters. The molecule has 0 saturated heterocycles. The van der Waals surface area contributed by atoms with Crippen LogP contribution in [0.15, 0.2) is 146 Å². The molecule has 0 aliphatic heterocycles. The Hall–Kier alpha value is -4.71. The summed E-state index contributed by atoms with van der Waals surface area (Å²) >= 11 is 0. The molecule has 0 amide bonds. The summed E-state index contributed by atoms with van der Waals surface area (Å²) < 4.78 is 16.8. The van der Waals surface area contributed by atoms with Gasteiger partial charge in [-0.3, -0.25) is 14.4 Å². The fraction of sp³-hybridized carbons (Fsp3) is 0.625. The van der Waals surface area contributed by atoms with Crippen molar-refractivity contribution in [1.82, 2.24) is 0 Å². The van der Waals surface area contributed by atoms with Gasteiger partial charge in [-0.1, -0.05) is 263 Å². The van der Waals surface area contributed by atoms with E-state index >= 15 is 0 Å². The number of allylic oxidation sites excluding steroid dienone is 24. The molecular formula is C72H116O6. The molecule has 6 heteroatoms. The van der Waals surface area contributed by atoms with Crippen LogP contribution >= 0.6 is 0 Å². The van der Waals surface area contributed by atoms with Gasteiger partial charge in [-0.2, -0.15) is 0 Å². The monoisotopic (exact) mass is 1080 g/mol. The zero-order valence-corrected chi connectivity index (χ0v) is 50.4. The zero-order chi connectivity index (χ0) is 56.4. The van der Waals surface area contributed by atoms with Gasteiger partial charge in [-0.15, -0.1) is 0 Å². The SMILES string of the molecule is CC/C=C\C/C=C\C/C=C\C/C=C\C/C=C\C/C=C\CCCCCCCCCCCCCCC(=O)OCC(COC(=O)CCCCCCC/C=C\C/C=C\CCCC)OC(=O)CCCC/C=C\C/C=C\C/C=C\C/C=C\CC. The van der Waals surface area contributed by atoms with Crippen molar-refractivity contribution in [1.29, 1.82) is 0 Å². The molecule has 0 rings (SSSR count). The summed E-state index contributed by atoms with van der Waals surface area (Å²) in [6, 6.07) is 0. The molecule has 0 spiro atoms. The summed E-state index contributed by atoms with van der Waals surface area (Å²) in [5, 5.41) is 0. The number of unbranched alkanes of at least 4 members (excludes halogenated alkanes) is 21. The van der Waals surface area contributed by atoms with Crippen molar-refractivity contribution in [2.75, 3.05) is 13.2 Å². The van der Waals surface area contributed by atoms with Crippen LogP contribution in [-0.2, 0) is 28.6 Å². The minimum Gasteiger partial charge on any atom is -0.462 e. The van der Waals surface area contributed by atoms with Crippen molar-refractivity contribution < 1.29 is 28.6 Å². The number of ether oxygens (including phenoxy) is 3. The molecule has 0 bridgehead atoms. The Bertz CT molecular complexity index is 1710. The first-order valence-electron chi connectivity index (χ1n) is 31.8. The smallest absolute Gasteiger partial charge is 0.306 e. The summed E-state index contributed by atoms with van der Waals surface area (Å²) in [6.45, 7) is 6.32. The molecule has 0 saturated carbocycles. The highest BCUT2D eigenvalue weighted by Gasteiger charge is 2.19. The summed E-state index contributed by atoms with van der Waals surface area (Å²) in [4.78, 5) is 38.2. The summed E-state index contributed by atoms with van der Waals surface area (Å²) in [5.74, 6) is -0.964. The number of esters is 3. The van der Waals surface area contributed by atoms with E-state index in [4.69, 9.17) is 14.2 Å². The highest BCUT2D eigenvalue weighted by atomic mass is 16.6. The maximum Gasteiger partial charge on any atom is 0.306 e. The lowest BCUT2D eigenvalue weighted by Crippen LogP contribution is -2.30. The largest absolute Gasteiger partial charge is 0.462 e. The molecule has 0 N–H and O–H groups in total. The van der Waals surface area contributed by atoms with E-state index in [0.29, 0.717) is 19.3 Å². The Kier molecular flexibility index (Phi) is 60.9. The summed E-state index contributed by atoms with van der Waals surface area (Å²) in [6.07, 6.45) is 92.9. The maximum atomic E-state index is 12.9. The Morgan fingerprint density at radius 2 is 0.500 bits per heavy atom. The van der Waals surface area contributed by atoms with E-state index in [9.17, 15) is 14.4 Å². The van der Waals surface area contributed by atoms with E-state index < -0.39 is 6.10 Å². The molecule has 0 heterocycles. The van der Waals surface area contributed by atoms with E-state index in [0.717, 1.165) is 141 Å². The Morgan fingerprint density at radius 3 is 0.808 bits per heavy atom. The predicted octanol–water partition coefficient (Wildman–Crippen LogP) is 21.9. The number of rotatable bonds is 56. The highest BCUT2D eigenvalue weighted by molar-refractivity contribution is 5.71. The van der Waals surface area contributed by atoms with Crippen molar-refractivity contribution in [3.63, 3.8) is 0 Å². The van der Waals surface area contributed by atoms with Gasteiger partial charge in [0.15, 0.2) is 6.10 Å². The maximum absolute atomic E-state index is 12.9. The molecule has 78 heavy (non-hydrogen) atoms. The van der Waals surface area contributed by atoms with Gasteiger partial charge in [0.05, 0.1) is 0 Å². The second-order valence-electron chi connectivity index (χ2n) is 20.5. The van der Waals surface area contributed by atoms with E-state index in [-0.39, 0.29) is 37.5 Å². The quantitative estimate of drug-likeness (QED) is 0.0261. The van der Waals surface area contributed by atoms with Gasteiger partial charge in [0.25, 0.3) is 0 Å². The van der Waals surface area contributed by atoms with Crippen LogP contribution in [0.25, 0.3) is 0 Å². The van der Waals surface area contributed by atoms with Gasteiger partial charge in [0, 0.05) is 19.3 Å². The average molecular weight is 1080 g/mol. The van der Waals surface area contributed by atoms with Gasteiger partial charge >= 0.3 is 17.9 Å². The number of hydrogen-bond donors (Lipinski definition) is 0. The van der Waals surface area contributed by atoms with E-state index in [2.05, 4.69) is 167 Å². The Balaban J connectivity index is 4.30. The van der Waals surface area contributed by atoms with E-state index in [1.54, 1.807) is 0 Å². The molecule has 0 radical (unpaired) electrons. The van der Waals surface area contributed by atoms with Gasteiger partial charge in [0.2, 0.25) is 0 Å². The molecule has 0 aliphatic carbocycles. The summed E-state index contributed by atoms with van der Waals surface area (Å²) in [5.41, 5.74) is 0. The third kappa shape index (κ3) is 62.1. The second-order valence-corrected chi connectivity index (χ2v) is 20.5. The summed E-state index contributed by atoms with van der Waals surface area (Å²) in [7, 11) is 0. The van der Waals surface area contributed by atoms with Crippen molar-refractivity contribution >= 4 is 17.9 Å². The van der Waals surface area contributed by atoms with Crippen LogP contribution < -0.4 is 0 Å². The van der Waals surface area contributed by atoms with Gasteiger partial charge in [-0.25, -0.2) is 0 Å². The third-order valence-electron chi connectivity index (χ3n) is 13.1. The van der Waals surface area contributed by atoms with E-state index in [1.807, 2.05) is 0 Å². The van der Waals surface area contributed by atoms with Crippen molar-refractivity contribution in [2.45, 2.75) is 277 Å². The van der Waals surface area contributed by atoms with Gasteiger partial charge < -0.3 is 14.2 Å². The topological polar surface area (TPSA) is 78.9 Å². The first-order chi connectivity index (χ1) is 38.5. The number of carbonyl (C=O) groups excluding carboxylic acids is 3. The molecule has 0 aromatic rings. The predicted molar refractivity (Wildman–Crippen MR) is 339 cm³/mol. The van der Waals surface area contributed by atoms with Crippen LogP contribution in [0.2, 0.25) is 0 Å². The molecule has 0 aliphatic rings. The van der Waals surface area contributed by atoms with Crippen LogP contribution in [0, 0.1) is 0 Å². The molecule has 0 aromatic carbocycles. The standard InChI is InChI=1S/C72H116O6/c1-4-7-10-13-16-19-22-25-28-29-30-31-32-33-34-35-36-37-38-39-40-41-42-43-45-47-50-53-56-59-62-65-71(74)77-68-69(67-76-70(73)64-61-58-55-52-49-46-27-24-21-18-15-12-9-6-3)78-72(75)66-63-60-57-54-51-48-44-26-23-20-17-14-11-8-5-2/h7-8,10-11,15-20,24-28,30-31,33-34,36-37,44,51,54,69H,4-6,9,12-14,21-23,29,32,35,38-43,45-50,52-53,55-68H2,1-3H3/b10-7-,11-8-,18-15-,19-16-,20-17-,27-24-,28-25-,31-30-,34-33-,37-36-,44-26-,54-51-. The lowest BCUT2D eigenvalue weighted by Gasteiger charge is -2.18. The van der Waals surface area contributed by atoms with Gasteiger partial charge in [-0.05, 0) is 135 Å². The van der Waals surface area contributed by atoms with Crippen LogP contribution in [0.1, 0.15) is 271 Å². The fourth-order valence-corrected chi connectivity index (χ4v) is 8.34. The number of carbonyl (C=O) groups is 3. The van der Waals surface area contributed by atoms with Crippen LogP contribution in [0.5, 0.6) is 0 Å². The lowest BCUT2D eigenvalue weighted by molar-refractivity contribution is -0.167. The molecule has 0 aromatic heterocycles. The van der Waals surface area contributed by atoms with Crippen molar-refractivity contribution in [3.8, 4) is 0 Å². The van der Waals surface area contributed by atoms with Crippen LogP contribution in [0.3, 0.4) is 0 Å². The average Bonchev–Trinajstić information content (AvgIpc) is 3.44. The minimum absolute atomic E-state index is 0.104. The van der Waals surface area contributed by atoms with E-state index in [1.165, 1.54) is 83.5 Å². The second kappa shape index (κ2) is 64.8. The first-order valence-corrected chi connectivity index (χ1v) is 31.8.